The Kier molecular flexibility index (Phi) is 9.77. The Labute approximate surface area is 194 Å². The van der Waals surface area contributed by atoms with Crippen molar-refractivity contribution in [3.63, 3.8) is 0 Å². The second-order valence-corrected chi connectivity index (χ2v) is 9.70. The van der Waals surface area contributed by atoms with Crippen LogP contribution in [0.15, 0.2) is 53.4 Å². The smallest absolute Gasteiger partial charge is 0.262 e. The number of hydrogen-bond acceptors (Lipinski definition) is 6. The Morgan fingerprint density at radius 3 is 2.41 bits per heavy atom. The minimum atomic E-state index is -4.12. The normalized spacial score (nSPS) is 12.6. The molecule has 8 nitrogen and oxygen atoms in total. The molecule has 2 N–H and O–H groups in total. The van der Waals surface area contributed by atoms with Gasteiger partial charge in [0.2, 0.25) is 10.0 Å². The molecule has 0 heterocycles. The highest BCUT2D eigenvalue weighted by atomic mass is 35.5. The summed E-state index contributed by atoms with van der Waals surface area (Å²) in [6.45, 7) is 3.75. The number of nitrogens with zero attached hydrogens (tertiary/aromatic N) is 1. The number of methoxy groups -OCH3 is 1. The lowest BCUT2D eigenvalue weighted by molar-refractivity contribution is -0.134. The molecule has 2 aromatic carbocycles. The fourth-order valence-electron chi connectivity index (χ4n) is 3.20. The number of hydroxylamine groups is 1. The summed E-state index contributed by atoms with van der Waals surface area (Å²) in [5.41, 5.74) is 2.23. The van der Waals surface area contributed by atoms with Gasteiger partial charge < -0.3 is 9.47 Å². The second kappa shape index (κ2) is 12.1. The maximum atomic E-state index is 13.6. The third-order valence-corrected chi connectivity index (χ3v) is 6.88. The Morgan fingerprint density at radius 2 is 1.84 bits per heavy atom. The number of ether oxygens (including phenoxy) is 2. The summed E-state index contributed by atoms with van der Waals surface area (Å²) in [6.07, 6.45) is 0.669. The Bertz CT molecular complexity index is 982. The van der Waals surface area contributed by atoms with E-state index in [1.165, 1.54) is 19.2 Å². The van der Waals surface area contributed by atoms with Crippen LogP contribution in [0.5, 0.6) is 11.5 Å². The van der Waals surface area contributed by atoms with E-state index in [0.29, 0.717) is 36.0 Å². The molecule has 0 radical (unpaired) electrons. The van der Waals surface area contributed by atoms with Gasteiger partial charge in [-0.3, -0.25) is 10.0 Å². The van der Waals surface area contributed by atoms with Crippen LogP contribution in [-0.4, -0.2) is 49.5 Å². The number of hydrogen-bond donors (Lipinski definition) is 2. The predicted molar refractivity (Wildman–Crippen MR) is 122 cm³/mol. The zero-order valence-corrected chi connectivity index (χ0v) is 19.9. The zero-order valence-electron chi connectivity index (χ0n) is 18.3. The number of sulfonamides is 1. The third kappa shape index (κ3) is 6.59. The molecular formula is C22H29ClN2O6S. The van der Waals surface area contributed by atoms with Gasteiger partial charge in [-0.25, -0.2) is 13.9 Å². The number of benzene rings is 2. The van der Waals surface area contributed by atoms with Crippen LogP contribution in [-0.2, 0) is 21.4 Å². The molecule has 0 fully saturated rings. The fourth-order valence-corrected chi connectivity index (χ4v) is 5.02. The van der Waals surface area contributed by atoms with Crippen molar-refractivity contribution in [1.82, 2.24) is 9.79 Å². The van der Waals surface area contributed by atoms with Gasteiger partial charge in [0, 0.05) is 12.4 Å². The lowest BCUT2D eigenvalue weighted by Gasteiger charge is -2.32. The molecule has 0 aromatic heterocycles. The molecule has 2 rings (SSSR count). The molecule has 0 saturated carbocycles. The summed E-state index contributed by atoms with van der Waals surface area (Å²) in [6, 6.07) is 11.8. The molecule has 0 saturated heterocycles. The zero-order chi connectivity index (χ0) is 23.7. The van der Waals surface area contributed by atoms with Crippen molar-refractivity contribution in [2.75, 3.05) is 19.6 Å². The topological polar surface area (TPSA) is 105 Å². The first-order valence-corrected chi connectivity index (χ1v) is 12.1. The number of amides is 1. The average molecular weight is 485 g/mol. The molecule has 32 heavy (non-hydrogen) atoms. The molecule has 0 spiro atoms. The second-order valence-electron chi connectivity index (χ2n) is 7.43. The maximum absolute atomic E-state index is 13.6. The van der Waals surface area contributed by atoms with Crippen molar-refractivity contribution in [2.45, 2.75) is 37.8 Å². The quantitative estimate of drug-likeness (QED) is 0.207. The maximum Gasteiger partial charge on any atom is 0.262 e. The van der Waals surface area contributed by atoms with Gasteiger partial charge in [-0.2, -0.15) is 4.31 Å². The van der Waals surface area contributed by atoms with Crippen LogP contribution in [0.3, 0.4) is 0 Å². The highest BCUT2D eigenvalue weighted by Gasteiger charge is 2.38. The number of halogens is 1. The molecule has 1 unspecified atom stereocenters. The van der Waals surface area contributed by atoms with Crippen molar-refractivity contribution in [3.8, 4) is 11.5 Å². The van der Waals surface area contributed by atoms with Gasteiger partial charge in [-0.1, -0.05) is 26.0 Å². The van der Waals surface area contributed by atoms with Crippen LogP contribution in [0.2, 0.25) is 0 Å². The molecule has 1 atom stereocenters. The van der Waals surface area contributed by atoms with Crippen LogP contribution in [0, 0.1) is 5.92 Å². The summed E-state index contributed by atoms with van der Waals surface area (Å²) < 4.78 is 39.1. The minimum Gasteiger partial charge on any atom is -0.497 e. The van der Waals surface area contributed by atoms with Crippen LogP contribution in [0.25, 0.3) is 0 Å². The monoisotopic (exact) mass is 484 g/mol. The number of alkyl halides is 1. The molecule has 10 heteroatoms. The number of carbonyl (C=O) groups is 1. The molecule has 0 bridgehead atoms. The minimum absolute atomic E-state index is 0.00137. The van der Waals surface area contributed by atoms with Gasteiger partial charge in [0.15, 0.2) is 0 Å². The van der Waals surface area contributed by atoms with Crippen LogP contribution in [0.4, 0.5) is 0 Å². The number of carbonyl (C=O) groups excluding carboxylic acids is 1. The van der Waals surface area contributed by atoms with Gasteiger partial charge >= 0.3 is 0 Å². The largest absolute Gasteiger partial charge is 0.497 e. The first kappa shape index (κ1) is 25.9. The number of nitrogens with one attached hydrogen (secondary N) is 1. The highest BCUT2D eigenvalue weighted by molar-refractivity contribution is 7.89. The lowest BCUT2D eigenvalue weighted by Crippen LogP contribution is -2.51. The van der Waals surface area contributed by atoms with Crippen molar-refractivity contribution < 1.29 is 27.9 Å². The van der Waals surface area contributed by atoms with E-state index >= 15 is 0 Å². The molecule has 0 aliphatic carbocycles. The first-order valence-electron chi connectivity index (χ1n) is 10.1. The lowest BCUT2D eigenvalue weighted by atomic mass is 10.0. The summed E-state index contributed by atoms with van der Waals surface area (Å²) >= 11 is 5.64. The third-order valence-electron chi connectivity index (χ3n) is 4.77. The van der Waals surface area contributed by atoms with Crippen molar-refractivity contribution in [1.29, 1.82) is 0 Å². The Balaban J connectivity index is 2.45. The predicted octanol–water partition coefficient (Wildman–Crippen LogP) is 3.42. The SMILES string of the molecule is COc1cccc(CN(C(C(=O)NO)C(C)C)S(=O)(=O)c2ccc(OCCCCl)cc2)c1. The Hall–Kier alpha value is -2.33. The van der Waals surface area contributed by atoms with E-state index in [4.69, 9.17) is 21.1 Å². The van der Waals surface area contributed by atoms with Crippen molar-refractivity contribution in [2.24, 2.45) is 5.92 Å². The summed E-state index contributed by atoms with van der Waals surface area (Å²) in [7, 11) is -2.60. The van der Waals surface area contributed by atoms with Crippen molar-refractivity contribution >= 4 is 27.5 Å². The van der Waals surface area contributed by atoms with E-state index in [2.05, 4.69) is 0 Å². The van der Waals surface area contributed by atoms with Gasteiger partial charge in [-0.05, 0) is 54.3 Å². The van der Waals surface area contributed by atoms with Crippen molar-refractivity contribution in [3.05, 3.63) is 54.1 Å². The standard InChI is InChI=1S/C22H29ClN2O6S/c1-16(2)21(22(26)24-27)25(15-17-6-4-7-19(14-17)30-3)32(28,29)20-10-8-18(9-11-20)31-13-5-12-23/h4,6-11,14,16,21,27H,5,12-13,15H2,1-3H3,(H,24,26). The van der Waals surface area contributed by atoms with E-state index < -0.39 is 27.9 Å². The van der Waals surface area contributed by atoms with E-state index in [9.17, 15) is 18.4 Å². The van der Waals surface area contributed by atoms with E-state index in [0.717, 1.165) is 4.31 Å². The summed E-state index contributed by atoms with van der Waals surface area (Å²) in [4.78, 5) is 12.5. The van der Waals surface area contributed by atoms with Crippen LogP contribution < -0.4 is 15.0 Å². The van der Waals surface area contributed by atoms with Gasteiger partial charge in [0.1, 0.15) is 17.5 Å². The van der Waals surface area contributed by atoms with Crippen LogP contribution >= 0.6 is 11.6 Å². The molecule has 1 amide bonds. The highest BCUT2D eigenvalue weighted by Crippen LogP contribution is 2.27. The van der Waals surface area contributed by atoms with Gasteiger partial charge in [0.25, 0.3) is 5.91 Å². The summed E-state index contributed by atoms with van der Waals surface area (Å²) in [5, 5.41) is 9.26. The molecule has 176 valence electrons. The number of rotatable bonds is 12. The summed E-state index contributed by atoms with van der Waals surface area (Å²) in [5.74, 6) is 0.316. The van der Waals surface area contributed by atoms with Crippen LogP contribution in [0.1, 0.15) is 25.8 Å². The molecule has 0 aliphatic rings. The van der Waals surface area contributed by atoms with E-state index in [1.54, 1.807) is 55.7 Å². The van der Waals surface area contributed by atoms with E-state index in [1.807, 2.05) is 0 Å². The molecule has 2 aromatic rings. The first-order chi connectivity index (χ1) is 15.2. The van der Waals surface area contributed by atoms with E-state index in [-0.39, 0.29) is 11.4 Å². The Morgan fingerprint density at radius 1 is 1.16 bits per heavy atom. The molecular weight excluding hydrogens is 456 g/mol. The fraction of sp³-hybridized carbons (Fsp3) is 0.409. The van der Waals surface area contributed by atoms with Gasteiger partial charge in [-0.15, -0.1) is 11.6 Å². The average Bonchev–Trinajstić information content (AvgIpc) is 2.78. The van der Waals surface area contributed by atoms with Gasteiger partial charge in [0.05, 0.1) is 18.6 Å². The molecule has 0 aliphatic heterocycles.